The SMILES string of the molecule is COC(=O)/C(=C\O)Oc1cccc(O[Si](c2ccccc2)(c2ccccc2)C(C)(C)C)c1C(=O)OC(C)(C)C. The molecular formula is C31H36O7Si. The average Bonchev–Trinajstić information content (AvgIpc) is 2.89. The summed E-state index contributed by atoms with van der Waals surface area (Å²) in [6.45, 7) is 11.6. The quantitative estimate of drug-likeness (QED) is 0.171. The Kier molecular flexibility index (Phi) is 8.91. The minimum absolute atomic E-state index is 0.0105. The second kappa shape index (κ2) is 11.8. The monoisotopic (exact) mass is 548 g/mol. The van der Waals surface area contributed by atoms with Crippen molar-refractivity contribution in [3.05, 3.63) is 96.4 Å². The molecule has 0 aromatic heterocycles. The topological polar surface area (TPSA) is 91.3 Å². The van der Waals surface area contributed by atoms with Gasteiger partial charge in [-0.05, 0) is 48.3 Å². The third-order valence-corrected chi connectivity index (χ3v) is 10.9. The number of esters is 2. The first-order chi connectivity index (χ1) is 18.3. The molecule has 0 saturated carbocycles. The number of hydrogen-bond donors (Lipinski definition) is 1. The van der Waals surface area contributed by atoms with Crippen LogP contribution in [0, 0.1) is 0 Å². The smallest absolute Gasteiger partial charge is 0.377 e. The van der Waals surface area contributed by atoms with E-state index in [4.69, 9.17) is 18.6 Å². The van der Waals surface area contributed by atoms with Gasteiger partial charge in [-0.25, -0.2) is 9.59 Å². The van der Waals surface area contributed by atoms with E-state index < -0.39 is 31.6 Å². The zero-order valence-corrected chi connectivity index (χ0v) is 24.5. The van der Waals surface area contributed by atoms with Crippen LogP contribution < -0.4 is 19.5 Å². The first kappa shape index (κ1) is 29.5. The predicted molar refractivity (Wildman–Crippen MR) is 153 cm³/mol. The summed E-state index contributed by atoms with van der Waals surface area (Å²) in [5.41, 5.74) is -0.833. The van der Waals surface area contributed by atoms with E-state index in [9.17, 15) is 14.7 Å². The number of aliphatic hydroxyl groups excluding tert-OH is 1. The number of rotatable bonds is 8. The summed E-state index contributed by atoms with van der Waals surface area (Å²) in [4.78, 5) is 25.8. The molecule has 3 rings (SSSR count). The number of aliphatic hydroxyl groups is 1. The molecule has 0 aliphatic carbocycles. The molecule has 0 heterocycles. The summed E-state index contributed by atoms with van der Waals surface area (Å²) in [7, 11) is -1.99. The van der Waals surface area contributed by atoms with Gasteiger partial charge in [0.1, 0.15) is 28.9 Å². The van der Waals surface area contributed by atoms with Crippen molar-refractivity contribution in [1.29, 1.82) is 0 Å². The lowest BCUT2D eigenvalue weighted by Crippen LogP contribution is -2.69. The molecule has 1 N–H and O–H groups in total. The lowest BCUT2D eigenvalue weighted by molar-refractivity contribution is -0.138. The molecule has 0 radical (unpaired) electrons. The maximum absolute atomic E-state index is 13.7. The van der Waals surface area contributed by atoms with Gasteiger partial charge in [0.05, 0.1) is 7.11 Å². The fourth-order valence-electron chi connectivity index (χ4n) is 4.37. The van der Waals surface area contributed by atoms with Crippen molar-refractivity contribution in [1.82, 2.24) is 0 Å². The van der Waals surface area contributed by atoms with Crippen LogP contribution in [0.5, 0.6) is 11.5 Å². The second-order valence-electron chi connectivity index (χ2n) is 11.0. The molecule has 0 aliphatic rings. The molecule has 0 amide bonds. The molecule has 0 saturated heterocycles. The van der Waals surface area contributed by atoms with Crippen LogP contribution in [-0.2, 0) is 14.3 Å². The van der Waals surface area contributed by atoms with Gasteiger partial charge in [0.2, 0.25) is 5.76 Å². The van der Waals surface area contributed by atoms with E-state index in [1.54, 1.807) is 32.9 Å². The summed E-state index contributed by atoms with van der Waals surface area (Å²) in [5, 5.41) is 11.3. The standard InChI is InChI=1S/C31H36O7Si/c1-30(2,3)37-29(34)27-24(36-26(21-32)28(33)35-7)19-14-20-25(27)38-39(31(4,5)6,22-15-10-8-11-16-22)23-17-12-9-13-18-23/h8-21,32H,1-7H3/b26-21+. The van der Waals surface area contributed by atoms with Crippen molar-refractivity contribution < 1.29 is 33.3 Å². The van der Waals surface area contributed by atoms with E-state index in [1.165, 1.54) is 6.07 Å². The molecule has 3 aromatic carbocycles. The minimum Gasteiger partial charge on any atom is -0.533 e. The Morgan fingerprint density at radius 2 is 1.28 bits per heavy atom. The van der Waals surface area contributed by atoms with Crippen LogP contribution in [0.25, 0.3) is 0 Å². The predicted octanol–water partition coefficient (Wildman–Crippen LogP) is 5.53. The van der Waals surface area contributed by atoms with Crippen LogP contribution in [-0.4, -0.2) is 38.1 Å². The van der Waals surface area contributed by atoms with Gasteiger partial charge in [-0.15, -0.1) is 0 Å². The summed E-state index contributed by atoms with van der Waals surface area (Å²) >= 11 is 0. The first-order valence-electron chi connectivity index (χ1n) is 12.6. The lowest BCUT2D eigenvalue weighted by atomic mass is 10.1. The van der Waals surface area contributed by atoms with Gasteiger partial charge in [0.25, 0.3) is 0 Å². The molecule has 8 heteroatoms. The lowest BCUT2D eigenvalue weighted by Gasteiger charge is -2.43. The molecule has 0 bridgehead atoms. The molecule has 0 aliphatic heterocycles. The first-order valence-corrected chi connectivity index (χ1v) is 14.5. The number of carbonyl (C=O) groups excluding carboxylic acids is 2. The van der Waals surface area contributed by atoms with Crippen LogP contribution in [0.2, 0.25) is 5.04 Å². The van der Waals surface area contributed by atoms with Crippen LogP contribution in [0.4, 0.5) is 0 Å². The van der Waals surface area contributed by atoms with Gasteiger partial charge < -0.3 is 23.7 Å². The van der Waals surface area contributed by atoms with Gasteiger partial charge in [-0.3, -0.25) is 0 Å². The number of ether oxygens (including phenoxy) is 3. The number of hydrogen-bond acceptors (Lipinski definition) is 7. The highest BCUT2D eigenvalue weighted by atomic mass is 28.4. The van der Waals surface area contributed by atoms with Gasteiger partial charge in [-0.2, -0.15) is 0 Å². The van der Waals surface area contributed by atoms with Gasteiger partial charge in [0.15, 0.2) is 0 Å². The Bertz CT molecular complexity index is 1280. The molecule has 3 aromatic rings. The molecular weight excluding hydrogens is 512 g/mol. The Morgan fingerprint density at radius 1 is 0.769 bits per heavy atom. The van der Waals surface area contributed by atoms with Crippen LogP contribution in [0.3, 0.4) is 0 Å². The molecule has 0 atom stereocenters. The van der Waals surface area contributed by atoms with E-state index in [2.05, 4.69) is 20.8 Å². The van der Waals surface area contributed by atoms with Gasteiger partial charge >= 0.3 is 20.3 Å². The van der Waals surface area contributed by atoms with Crippen molar-refractivity contribution in [3.8, 4) is 11.5 Å². The second-order valence-corrected chi connectivity index (χ2v) is 15.2. The average molecular weight is 549 g/mol. The highest BCUT2D eigenvalue weighted by Gasteiger charge is 2.52. The third kappa shape index (κ3) is 6.52. The van der Waals surface area contributed by atoms with E-state index in [0.29, 0.717) is 6.26 Å². The Morgan fingerprint density at radius 3 is 1.72 bits per heavy atom. The molecule has 206 valence electrons. The number of benzene rings is 3. The Balaban J connectivity index is 2.32. The van der Waals surface area contributed by atoms with Crippen molar-refractivity contribution >= 4 is 30.6 Å². The molecule has 7 nitrogen and oxygen atoms in total. The summed E-state index contributed by atoms with van der Waals surface area (Å²) in [5.74, 6) is -1.90. The van der Waals surface area contributed by atoms with Crippen molar-refractivity contribution in [3.63, 3.8) is 0 Å². The largest absolute Gasteiger partial charge is 0.533 e. The van der Waals surface area contributed by atoms with E-state index >= 15 is 0 Å². The minimum atomic E-state index is -3.14. The van der Waals surface area contributed by atoms with E-state index in [-0.39, 0.29) is 22.1 Å². The summed E-state index contributed by atoms with van der Waals surface area (Å²) in [6.07, 6.45) is 0.486. The van der Waals surface area contributed by atoms with Crippen molar-refractivity contribution in [2.45, 2.75) is 52.2 Å². The van der Waals surface area contributed by atoms with Crippen molar-refractivity contribution in [2.24, 2.45) is 0 Å². The summed E-state index contributed by atoms with van der Waals surface area (Å²) < 4.78 is 23.2. The Hall–Kier alpha value is -4.04. The highest BCUT2D eigenvalue weighted by Crippen LogP contribution is 2.40. The number of methoxy groups -OCH3 is 1. The molecule has 0 unspecified atom stereocenters. The Labute approximate surface area is 231 Å². The highest BCUT2D eigenvalue weighted by molar-refractivity contribution is 7.00. The zero-order valence-electron chi connectivity index (χ0n) is 23.5. The van der Waals surface area contributed by atoms with Crippen molar-refractivity contribution in [2.75, 3.05) is 7.11 Å². The van der Waals surface area contributed by atoms with Crippen LogP contribution in [0.1, 0.15) is 51.9 Å². The molecule has 39 heavy (non-hydrogen) atoms. The zero-order chi connectivity index (χ0) is 28.8. The van der Waals surface area contributed by atoms with Crippen LogP contribution >= 0.6 is 0 Å². The van der Waals surface area contributed by atoms with Gasteiger partial charge in [0, 0.05) is 0 Å². The fourth-order valence-corrected chi connectivity index (χ4v) is 8.80. The third-order valence-electron chi connectivity index (χ3n) is 5.99. The van der Waals surface area contributed by atoms with Gasteiger partial charge in [-0.1, -0.05) is 87.5 Å². The maximum Gasteiger partial charge on any atom is 0.377 e. The van der Waals surface area contributed by atoms with E-state index in [0.717, 1.165) is 17.5 Å². The van der Waals surface area contributed by atoms with E-state index in [1.807, 2.05) is 60.7 Å². The fraction of sp³-hybridized carbons (Fsp3) is 0.290. The molecule has 0 fully saturated rings. The molecule has 0 spiro atoms. The summed E-state index contributed by atoms with van der Waals surface area (Å²) in [6, 6.07) is 24.8. The van der Waals surface area contributed by atoms with Crippen LogP contribution in [0.15, 0.2) is 90.9 Å². The maximum atomic E-state index is 13.7. The number of carbonyl (C=O) groups is 2. The normalized spacial score (nSPS) is 12.4.